The van der Waals surface area contributed by atoms with Crippen molar-refractivity contribution in [2.75, 3.05) is 5.32 Å². The number of hydrogen-bond donors (Lipinski definition) is 2. The third kappa shape index (κ3) is 2.46. The number of aromatic nitrogens is 1. The largest absolute Gasteiger partial charge is 0.457 e. The number of hydrogen-bond acceptors (Lipinski definition) is 3. The Labute approximate surface area is 114 Å². The van der Waals surface area contributed by atoms with Gasteiger partial charge in [-0.25, -0.2) is 9.78 Å². The van der Waals surface area contributed by atoms with Crippen LogP contribution in [0.3, 0.4) is 0 Å². The number of ether oxygens (including phenoxy) is 1. The van der Waals surface area contributed by atoms with E-state index in [1.54, 1.807) is 24.4 Å². The molecule has 1 aromatic heterocycles. The number of carbonyl (C=O) groups excluding carboxylic acids is 1. The van der Waals surface area contributed by atoms with Crippen LogP contribution in [0.15, 0.2) is 36.5 Å². The van der Waals surface area contributed by atoms with Gasteiger partial charge in [0.25, 0.3) is 0 Å². The average Bonchev–Trinajstić information content (AvgIpc) is 2.38. The Morgan fingerprint density at radius 3 is 3.05 bits per heavy atom. The van der Waals surface area contributed by atoms with Crippen LogP contribution in [0, 0.1) is 0 Å². The van der Waals surface area contributed by atoms with Crippen LogP contribution in [0.25, 0.3) is 0 Å². The average molecular weight is 276 g/mol. The molecule has 19 heavy (non-hydrogen) atoms. The number of rotatable bonds is 2. The highest BCUT2D eigenvalue weighted by Crippen LogP contribution is 2.31. The second-order valence-electron chi connectivity index (χ2n) is 4.00. The highest BCUT2D eigenvalue weighted by molar-refractivity contribution is 6.30. The molecule has 0 atom stereocenters. The summed E-state index contributed by atoms with van der Waals surface area (Å²) in [4.78, 5) is 15.3. The molecule has 6 heteroatoms. The smallest absolute Gasteiger partial charge is 0.320 e. The van der Waals surface area contributed by atoms with Gasteiger partial charge < -0.3 is 10.1 Å². The number of carbonyl (C=O) groups is 1. The van der Waals surface area contributed by atoms with Crippen molar-refractivity contribution in [3.8, 4) is 11.5 Å². The normalized spacial score (nSPS) is 13.2. The molecule has 1 aromatic carbocycles. The quantitative estimate of drug-likeness (QED) is 0.885. The topological polar surface area (TPSA) is 63.2 Å². The highest BCUT2D eigenvalue weighted by Gasteiger charge is 2.19. The summed E-state index contributed by atoms with van der Waals surface area (Å²) in [6.45, 7) is 0.380. The van der Waals surface area contributed by atoms with Crippen molar-refractivity contribution in [3.05, 3.63) is 47.1 Å². The first-order valence-corrected chi connectivity index (χ1v) is 6.06. The maximum Gasteiger partial charge on any atom is 0.320 e. The second kappa shape index (κ2) is 4.78. The van der Waals surface area contributed by atoms with E-state index in [9.17, 15) is 4.79 Å². The first-order valence-electron chi connectivity index (χ1n) is 5.68. The summed E-state index contributed by atoms with van der Waals surface area (Å²) < 4.78 is 5.78. The maximum absolute atomic E-state index is 11.2. The van der Waals surface area contributed by atoms with Gasteiger partial charge in [-0.05, 0) is 24.3 Å². The molecule has 2 N–H and O–H groups in total. The number of nitrogens with one attached hydrogen (secondary N) is 2. The predicted molar refractivity (Wildman–Crippen MR) is 71.6 cm³/mol. The van der Waals surface area contributed by atoms with Crippen molar-refractivity contribution in [1.29, 1.82) is 0 Å². The van der Waals surface area contributed by atoms with Crippen LogP contribution in [-0.4, -0.2) is 11.0 Å². The molecule has 3 rings (SSSR count). The molecule has 0 saturated heterocycles. The van der Waals surface area contributed by atoms with Crippen molar-refractivity contribution in [1.82, 2.24) is 10.3 Å². The van der Waals surface area contributed by atoms with Crippen molar-refractivity contribution < 1.29 is 9.53 Å². The zero-order valence-corrected chi connectivity index (χ0v) is 10.6. The van der Waals surface area contributed by atoms with Crippen molar-refractivity contribution in [3.63, 3.8) is 0 Å². The summed E-state index contributed by atoms with van der Waals surface area (Å²) in [5.41, 5.74) is 0.807. The minimum Gasteiger partial charge on any atom is -0.457 e. The molecule has 0 fully saturated rings. The molecule has 0 bridgehead atoms. The predicted octanol–water partition coefficient (Wildman–Crippen LogP) is 3.16. The lowest BCUT2D eigenvalue weighted by atomic mass is 10.2. The van der Waals surface area contributed by atoms with E-state index in [4.69, 9.17) is 16.3 Å². The zero-order chi connectivity index (χ0) is 13.2. The van der Waals surface area contributed by atoms with Gasteiger partial charge in [-0.3, -0.25) is 5.32 Å². The lowest BCUT2D eigenvalue weighted by Crippen LogP contribution is -2.34. The number of nitrogens with zero attached hydrogens (tertiary/aromatic N) is 1. The van der Waals surface area contributed by atoms with Gasteiger partial charge in [0.05, 0.1) is 12.1 Å². The van der Waals surface area contributed by atoms with Crippen LogP contribution >= 0.6 is 11.6 Å². The van der Waals surface area contributed by atoms with Gasteiger partial charge in [0.15, 0.2) is 0 Å². The molecule has 0 spiro atoms. The third-order valence-corrected chi connectivity index (χ3v) is 2.93. The van der Waals surface area contributed by atoms with Crippen molar-refractivity contribution in [2.45, 2.75) is 6.54 Å². The number of benzene rings is 1. The highest BCUT2D eigenvalue weighted by atomic mass is 35.5. The molecule has 0 aliphatic carbocycles. The molecular formula is C13H10ClN3O2. The first-order chi connectivity index (χ1) is 9.22. The van der Waals surface area contributed by atoms with Crippen LogP contribution < -0.4 is 15.4 Å². The molecule has 2 amide bonds. The lowest BCUT2D eigenvalue weighted by molar-refractivity contribution is 0.250. The van der Waals surface area contributed by atoms with Crippen LogP contribution in [0.4, 0.5) is 10.6 Å². The van der Waals surface area contributed by atoms with Crippen LogP contribution in [-0.2, 0) is 6.54 Å². The second-order valence-corrected chi connectivity index (χ2v) is 4.44. The fourth-order valence-electron chi connectivity index (χ4n) is 1.83. The van der Waals surface area contributed by atoms with E-state index >= 15 is 0 Å². The van der Waals surface area contributed by atoms with E-state index < -0.39 is 0 Å². The van der Waals surface area contributed by atoms with Crippen LogP contribution in [0.2, 0.25) is 5.02 Å². The fraction of sp³-hybridized carbons (Fsp3) is 0.0769. The number of amides is 2. The molecule has 2 aromatic rings. The van der Waals surface area contributed by atoms with E-state index in [-0.39, 0.29) is 6.03 Å². The summed E-state index contributed by atoms with van der Waals surface area (Å²) in [6.07, 6.45) is 1.59. The van der Waals surface area contributed by atoms with E-state index in [0.717, 1.165) is 5.56 Å². The van der Waals surface area contributed by atoms with E-state index in [2.05, 4.69) is 15.6 Å². The Morgan fingerprint density at radius 1 is 1.32 bits per heavy atom. The summed E-state index contributed by atoms with van der Waals surface area (Å²) in [6, 6.07) is 8.61. The molecule has 0 saturated carbocycles. The summed E-state index contributed by atoms with van der Waals surface area (Å²) in [7, 11) is 0. The van der Waals surface area contributed by atoms with Crippen LogP contribution in [0.1, 0.15) is 5.56 Å². The molecule has 1 aliphatic heterocycles. The minimum absolute atomic E-state index is 0.264. The summed E-state index contributed by atoms with van der Waals surface area (Å²) in [5, 5.41) is 5.91. The third-order valence-electron chi connectivity index (χ3n) is 2.69. The summed E-state index contributed by atoms with van der Waals surface area (Å²) in [5.74, 6) is 1.79. The molecule has 0 unspecified atom stereocenters. The molecule has 2 heterocycles. The van der Waals surface area contributed by atoms with Gasteiger partial charge in [-0.1, -0.05) is 17.7 Å². The molecular weight excluding hydrogens is 266 g/mol. The van der Waals surface area contributed by atoms with Gasteiger partial charge in [0.2, 0.25) is 0 Å². The zero-order valence-electron chi connectivity index (χ0n) is 9.81. The van der Waals surface area contributed by atoms with Crippen molar-refractivity contribution >= 4 is 23.4 Å². The maximum atomic E-state index is 11.2. The minimum atomic E-state index is -0.264. The Morgan fingerprint density at radius 2 is 2.21 bits per heavy atom. The number of pyridine rings is 1. The van der Waals surface area contributed by atoms with Gasteiger partial charge >= 0.3 is 6.03 Å². The molecule has 1 aliphatic rings. The SMILES string of the molecule is O=C1NCc2c(Oc3cccc(Cl)c3)ccnc2N1. The summed E-state index contributed by atoms with van der Waals surface area (Å²) >= 11 is 5.91. The Balaban J connectivity index is 1.94. The van der Waals surface area contributed by atoms with Gasteiger partial charge in [-0.2, -0.15) is 0 Å². The number of urea groups is 1. The monoisotopic (exact) mass is 275 g/mol. The van der Waals surface area contributed by atoms with E-state index in [1.165, 1.54) is 0 Å². The van der Waals surface area contributed by atoms with Gasteiger partial charge in [-0.15, -0.1) is 0 Å². The molecule has 5 nitrogen and oxygen atoms in total. The van der Waals surface area contributed by atoms with Gasteiger partial charge in [0.1, 0.15) is 17.3 Å². The first kappa shape index (κ1) is 11.8. The standard InChI is InChI=1S/C13H10ClN3O2/c14-8-2-1-3-9(6-8)19-11-4-5-15-12-10(11)7-16-13(18)17-12/h1-6H,7H2,(H2,15,16,17,18). The van der Waals surface area contributed by atoms with E-state index in [1.807, 2.05) is 12.1 Å². The number of fused-ring (bicyclic) bond motifs is 1. The Kier molecular flexibility index (Phi) is 2.97. The fourth-order valence-corrected chi connectivity index (χ4v) is 2.01. The Bertz CT molecular complexity index is 646. The van der Waals surface area contributed by atoms with E-state index in [0.29, 0.717) is 28.9 Å². The van der Waals surface area contributed by atoms with Crippen LogP contribution in [0.5, 0.6) is 11.5 Å². The van der Waals surface area contributed by atoms with Gasteiger partial charge in [0, 0.05) is 11.2 Å². The number of anilines is 1. The van der Waals surface area contributed by atoms with Crippen molar-refractivity contribution in [2.24, 2.45) is 0 Å². The molecule has 96 valence electrons. The lowest BCUT2D eigenvalue weighted by Gasteiger charge is -2.19. The Hall–Kier alpha value is -2.27. The molecule has 0 radical (unpaired) electrons. The number of halogens is 1.